The molecule has 0 radical (unpaired) electrons. The topological polar surface area (TPSA) is 101 Å². The zero-order valence-corrected chi connectivity index (χ0v) is 24.3. The molecule has 0 unspecified atom stereocenters. The number of halogens is 3. The maximum atomic E-state index is 13.2. The largest absolute Gasteiger partial charge is 0.480 e. The maximum Gasteiger partial charge on any atom is 0.449 e. The van der Waals surface area contributed by atoms with Crippen molar-refractivity contribution in [2.24, 2.45) is 0 Å². The van der Waals surface area contributed by atoms with Crippen molar-refractivity contribution in [3.63, 3.8) is 0 Å². The maximum absolute atomic E-state index is 13.2. The zero-order valence-electron chi connectivity index (χ0n) is 22.7. The third-order valence-electron chi connectivity index (χ3n) is 6.57. The van der Waals surface area contributed by atoms with Gasteiger partial charge in [0.2, 0.25) is 5.76 Å². The Morgan fingerprint density at radius 3 is 2.42 bits per heavy atom. The van der Waals surface area contributed by atoms with Crippen LogP contribution in [0.15, 0.2) is 105 Å². The summed E-state index contributed by atoms with van der Waals surface area (Å²) >= 11 is 1.38. The number of aromatic nitrogens is 1. The highest BCUT2D eigenvalue weighted by Crippen LogP contribution is 2.36. The van der Waals surface area contributed by atoms with E-state index in [1.54, 1.807) is 30.5 Å². The van der Waals surface area contributed by atoms with E-state index in [0.717, 1.165) is 33.0 Å². The number of carboxylic acid groups (broad SMARTS) is 1. The summed E-state index contributed by atoms with van der Waals surface area (Å²) in [5, 5.41) is 9.88. The van der Waals surface area contributed by atoms with Crippen LogP contribution in [-0.4, -0.2) is 34.5 Å². The minimum absolute atomic E-state index is 0.0780. The molecule has 0 aliphatic rings. The van der Waals surface area contributed by atoms with E-state index < -0.39 is 33.5 Å². The van der Waals surface area contributed by atoms with Gasteiger partial charge in [0.25, 0.3) is 0 Å². The molecule has 0 atom stereocenters. The minimum Gasteiger partial charge on any atom is -0.480 e. The number of aryl methyl sites for hydroxylation is 1. The van der Waals surface area contributed by atoms with Gasteiger partial charge >= 0.3 is 12.1 Å². The molecule has 3 aromatic carbocycles. The third kappa shape index (κ3) is 7.27. The molecule has 2 aromatic heterocycles. The molecule has 12 heteroatoms. The van der Waals surface area contributed by atoms with Gasteiger partial charge in [-0.25, -0.2) is 12.7 Å². The molecule has 0 amide bonds. The summed E-state index contributed by atoms with van der Waals surface area (Å²) in [6.45, 7) is 2.36. The number of furan rings is 1. The highest BCUT2D eigenvalue weighted by Gasteiger charge is 2.35. The number of sulfone groups is 1. The van der Waals surface area contributed by atoms with Gasteiger partial charge < -0.3 is 9.52 Å². The van der Waals surface area contributed by atoms with Gasteiger partial charge in [0.05, 0.1) is 21.9 Å². The Bertz CT molecular complexity index is 1890. The molecular weight excluding hydrogens is 601 g/mol. The average Bonchev–Trinajstić information content (AvgIpc) is 3.44. The van der Waals surface area contributed by atoms with E-state index in [-0.39, 0.29) is 17.2 Å². The summed E-state index contributed by atoms with van der Waals surface area (Å²) in [6, 6.07) is 23.3. The second-order valence-electron chi connectivity index (χ2n) is 9.82. The molecule has 5 aromatic rings. The van der Waals surface area contributed by atoms with Crippen molar-refractivity contribution in [3.05, 3.63) is 114 Å². The van der Waals surface area contributed by atoms with Crippen LogP contribution in [0.2, 0.25) is 0 Å². The number of benzene rings is 3. The van der Waals surface area contributed by atoms with Gasteiger partial charge in [-0.05, 0) is 71.5 Å². The molecule has 0 saturated heterocycles. The molecule has 1 N–H and O–H groups in total. The lowest BCUT2D eigenvalue weighted by Crippen LogP contribution is -2.15. The fourth-order valence-corrected chi connectivity index (χ4v) is 6.71. The number of carboxylic acids is 1. The predicted octanol–water partition coefficient (Wildman–Crippen LogP) is 7.39. The van der Waals surface area contributed by atoms with Crippen LogP contribution < -0.4 is 0 Å². The highest BCUT2D eigenvalue weighted by molar-refractivity contribution is 7.97. The van der Waals surface area contributed by atoms with Gasteiger partial charge in [-0.2, -0.15) is 13.2 Å². The van der Waals surface area contributed by atoms with Crippen molar-refractivity contribution in [3.8, 4) is 11.1 Å². The second kappa shape index (κ2) is 12.2. The van der Waals surface area contributed by atoms with E-state index in [0.29, 0.717) is 17.7 Å². The zero-order chi connectivity index (χ0) is 30.8. The monoisotopic (exact) mass is 626 g/mol. The molecule has 7 nitrogen and oxygen atoms in total. The molecule has 0 aliphatic heterocycles. The van der Waals surface area contributed by atoms with Gasteiger partial charge in [0, 0.05) is 18.1 Å². The predicted molar refractivity (Wildman–Crippen MR) is 157 cm³/mol. The summed E-state index contributed by atoms with van der Waals surface area (Å²) in [4.78, 5) is 16.3. The molecule has 0 fully saturated rings. The number of aliphatic carboxylic acids is 1. The summed E-state index contributed by atoms with van der Waals surface area (Å²) in [5.41, 5.74) is 3.90. The smallest absolute Gasteiger partial charge is 0.449 e. The number of alkyl halides is 3. The first kappa shape index (κ1) is 30.3. The minimum atomic E-state index is -4.59. The standard InChI is InChI=1S/C31H25F3N2O5S2/c1-20-7-10-23-5-3-15-35-29(23)30(20)42-36(18-25-13-14-27(41-25)31(32,33)34)17-21-8-11-22(12-9-21)24-4-2-6-26(16-24)43(39,40)19-28(37)38/h2-16H,17-19H2,1H3,(H,37,38). The van der Waals surface area contributed by atoms with Gasteiger partial charge in [0.15, 0.2) is 15.6 Å². The summed E-state index contributed by atoms with van der Waals surface area (Å²) < 4.78 is 71.4. The van der Waals surface area contributed by atoms with Crippen LogP contribution in [0.25, 0.3) is 22.0 Å². The molecule has 222 valence electrons. The van der Waals surface area contributed by atoms with Crippen molar-refractivity contribution in [2.75, 3.05) is 5.75 Å². The highest BCUT2D eigenvalue weighted by atomic mass is 32.2. The van der Waals surface area contributed by atoms with E-state index in [4.69, 9.17) is 9.52 Å². The first-order valence-electron chi connectivity index (χ1n) is 13.0. The molecule has 43 heavy (non-hydrogen) atoms. The number of rotatable bonds is 10. The molecule has 0 saturated carbocycles. The fourth-order valence-electron chi connectivity index (χ4n) is 4.49. The Labute approximate surface area is 250 Å². The van der Waals surface area contributed by atoms with Gasteiger partial charge in [-0.3, -0.25) is 9.78 Å². The van der Waals surface area contributed by atoms with Crippen molar-refractivity contribution >= 4 is 38.7 Å². The van der Waals surface area contributed by atoms with Crippen LogP contribution in [0.1, 0.15) is 22.6 Å². The van der Waals surface area contributed by atoms with Crippen LogP contribution in [0.4, 0.5) is 13.2 Å². The Balaban J connectivity index is 1.43. The third-order valence-corrected chi connectivity index (χ3v) is 9.38. The van der Waals surface area contributed by atoms with Gasteiger partial charge in [-0.15, -0.1) is 0 Å². The number of carbonyl (C=O) groups is 1. The quantitative estimate of drug-likeness (QED) is 0.160. The molecule has 0 spiro atoms. The van der Waals surface area contributed by atoms with Gasteiger partial charge in [-0.1, -0.05) is 54.6 Å². The number of fused-ring (bicyclic) bond motifs is 1. The molecular formula is C31H25F3N2O5S2. The number of nitrogens with zero attached hydrogens (tertiary/aromatic N) is 2. The second-order valence-corrected chi connectivity index (χ2v) is 12.9. The summed E-state index contributed by atoms with van der Waals surface area (Å²) in [7, 11) is -3.99. The van der Waals surface area contributed by atoms with Crippen molar-refractivity contribution in [1.29, 1.82) is 0 Å². The summed E-state index contributed by atoms with van der Waals surface area (Å²) in [6.07, 6.45) is -2.90. The van der Waals surface area contributed by atoms with Crippen LogP contribution >= 0.6 is 11.9 Å². The van der Waals surface area contributed by atoms with Crippen LogP contribution in [0, 0.1) is 6.92 Å². The molecule has 0 aliphatic carbocycles. The lowest BCUT2D eigenvalue weighted by Gasteiger charge is -2.22. The van der Waals surface area contributed by atoms with E-state index in [1.165, 1.54) is 30.1 Å². The summed E-state index contributed by atoms with van der Waals surface area (Å²) in [5.74, 6) is -3.35. The fraction of sp³-hybridized carbons (Fsp3) is 0.161. The van der Waals surface area contributed by atoms with E-state index in [9.17, 15) is 26.4 Å². The van der Waals surface area contributed by atoms with Crippen LogP contribution in [0.5, 0.6) is 0 Å². The number of pyridine rings is 1. The lowest BCUT2D eigenvalue weighted by atomic mass is 10.0. The first-order valence-corrected chi connectivity index (χ1v) is 15.4. The molecule has 0 bridgehead atoms. The van der Waals surface area contributed by atoms with E-state index >= 15 is 0 Å². The van der Waals surface area contributed by atoms with Gasteiger partial charge in [0.1, 0.15) is 5.76 Å². The normalized spacial score (nSPS) is 12.2. The number of hydrogen-bond acceptors (Lipinski definition) is 7. The Morgan fingerprint density at radius 1 is 0.953 bits per heavy atom. The Morgan fingerprint density at radius 2 is 1.72 bits per heavy atom. The Kier molecular flexibility index (Phi) is 8.63. The SMILES string of the molecule is Cc1ccc2cccnc2c1SN(Cc1ccc(-c2cccc(S(=O)(=O)CC(=O)O)c2)cc1)Cc1ccc(C(F)(F)F)o1. The van der Waals surface area contributed by atoms with E-state index in [2.05, 4.69) is 4.98 Å². The number of hydrogen-bond donors (Lipinski definition) is 1. The van der Waals surface area contributed by atoms with Crippen molar-refractivity contribution in [2.45, 2.75) is 36.0 Å². The van der Waals surface area contributed by atoms with Crippen molar-refractivity contribution in [1.82, 2.24) is 9.29 Å². The lowest BCUT2D eigenvalue weighted by molar-refractivity contribution is -0.153. The first-order chi connectivity index (χ1) is 20.4. The average molecular weight is 627 g/mol. The Hall–Kier alpha value is -4.13. The van der Waals surface area contributed by atoms with E-state index in [1.807, 2.05) is 47.6 Å². The van der Waals surface area contributed by atoms with Crippen molar-refractivity contribution < 1.29 is 35.9 Å². The van der Waals surface area contributed by atoms with Crippen LogP contribution in [-0.2, 0) is 33.9 Å². The molecule has 5 rings (SSSR count). The molecule has 2 heterocycles. The van der Waals surface area contributed by atoms with Crippen LogP contribution in [0.3, 0.4) is 0 Å².